The number of pyridine rings is 1. The molecule has 1 aliphatic heterocycles. The number of nitrogens with zero attached hydrogens (tertiary/aromatic N) is 1. The third kappa shape index (κ3) is 3.94. The summed E-state index contributed by atoms with van der Waals surface area (Å²) < 4.78 is 0. The molecule has 2 heterocycles. The van der Waals surface area contributed by atoms with Gasteiger partial charge in [-0.2, -0.15) is 0 Å². The lowest BCUT2D eigenvalue weighted by molar-refractivity contribution is 0.0796. The van der Waals surface area contributed by atoms with Crippen LogP contribution in [0.4, 0.5) is 0 Å². The fraction of sp³-hybridized carbons (Fsp3) is 0.625. The molecule has 1 aromatic heterocycles. The Hall–Kier alpha value is -1.62. The molecule has 21 heavy (non-hydrogen) atoms. The van der Waals surface area contributed by atoms with Crippen LogP contribution in [0.3, 0.4) is 0 Å². The second kappa shape index (κ2) is 6.02. The Morgan fingerprint density at radius 2 is 1.95 bits per heavy atom. The van der Waals surface area contributed by atoms with Crippen molar-refractivity contribution in [3.8, 4) is 0 Å². The van der Waals surface area contributed by atoms with Crippen LogP contribution in [-0.2, 0) is 0 Å². The van der Waals surface area contributed by atoms with Gasteiger partial charge in [0.05, 0.1) is 0 Å². The Morgan fingerprint density at radius 1 is 1.33 bits per heavy atom. The Balaban J connectivity index is 2.04. The average molecular weight is 291 g/mol. The number of aromatic amines is 1. The maximum absolute atomic E-state index is 12.3. The zero-order valence-electron chi connectivity index (χ0n) is 13.3. The zero-order valence-corrected chi connectivity index (χ0v) is 13.3. The maximum Gasteiger partial charge on any atom is 0.268 e. The second-order valence-corrected chi connectivity index (χ2v) is 6.56. The van der Waals surface area contributed by atoms with E-state index in [-0.39, 0.29) is 16.9 Å². The molecule has 0 bridgehead atoms. The standard InChI is InChI=1S/C16H25N3O2/c1-11(2)19-7-5-16(4,6-8-19)18-15(21)14-10-13(20)9-12(3)17-14/h9-11H,5-8H2,1-4H3,(H,17,20)(H,18,21). The number of hydrogen-bond donors (Lipinski definition) is 2. The molecule has 5 nitrogen and oxygen atoms in total. The molecule has 2 N–H and O–H groups in total. The first kappa shape index (κ1) is 15.8. The molecule has 1 saturated heterocycles. The minimum absolute atomic E-state index is 0.142. The third-order valence-electron chi connectivity index (χ3n) is 4.27. The van der Waals surface area contributed by atoms with Gasteiger partial charge in [0.25, 0.3) is 5.91 Å². The molecule has 0 aromatic carbocycles. The van der Waals surface area contributed by atoms with E-state index in [1.807, 2.05) is 0 Å². The lowest BCUT2D eigenvalue weighted by Gasteiger charge is -2.41. The highest BCUT2D eigenvalue weighted by atomic mass is 16.2. The highest BCUT2D eigenvalue weighted by Crippen LogP contribution is 2.23. The van der Waals surface area contributed by atoms with Crippen LogP contribution in [-0.4, -0.2) is 40.5 Å². The fourth-order valence-corrected chi connectivity index (χ4v) is 2.80. The number of hydrogen-bond acceptors (Lipinski definition) is 3. The van der Waals surface area contributed by atoms with E-state index in [4.69, 9.17) is 0 Å². The van der Waals surface area contributed by atoms with Crippen molar-refractivity contribution in [2.75, 3.05) is 13.1 Å². The predicted octanol–water partition coefficient (Wildman–Crippen LogP) is 1.68. The summed E-state index contributed by atoms with van der Waals surface area (Å²) >= 11 is 0. The van der Waals surface area contributed by atoms with E-state index in [1.165, 1.54) is 12.1 Å². The molecule has 1 aliphatic rings. The SMILES string of the molecule is Cc1cc(=O)cc(C(=O)NC2(C)CCN(C(C)C)CC2)[nH]1. The van der Waals surface area contributed by atoms with Crippen molar-refractivity contribution in [1.29, 1.82) is 0 Å². The summed E-state index contributed by atoms with van der Waals surface area (Å²) in [6, 6.07) is 3.38. The number of nitrogens with one attached hydrogen (secondary N) is 2. The Labute approximate surface area is 125 Å². The quantitative estimate of drug-likeness (QED) is 0.890. The predicted molar refractivity (Wildman–Crippen MR) is 83.6 cm³/mol. The second-order valence-electron chi connectivity index (χ2n) is 6.56. The van der Waals surface area contributed by atoms with Gasteiger partial charge in [0, 0.05) is 42.5 Å². The number of piperidine rings is 1. The first-order valence-corrected chi connectivity index (χ1v) is 7.57. The lowest BCUT2D eigenvalue weighted by atomic mass is 9.89. The minimum Gasteiger partial charge on any atom is -0.354 e. The normalized spacial score (nSPS) is 18.7. The van der Waals surface area contributed by atoms with E-state index in [1.54, 1.807) is 6.92 Å². The van der Waals surface area contributed by atoms with E-state index in [0.717, 1.165) is 25.9 Å². The van der Waals surface area contributed by atoms with Crippen molar-refractivity contribution in [3.63, 3.8) is 0 Å². The number of H-pyrrole nitrogens is 1. The van der Waals surface area contributed by atoms with Crippen LogP contribution in [0.15, 0.2) is 16.9 Å². The van der Waals surface area contributed by atoms with Crippen molar-refractivity contribution in [2.24, 2.45) is 0 Å². The van der Waals surface area contributed by atoms with Crippen molar-refractivity contribution in [3.05, 3.63) is 33.7 Å². The number of amides is 1. The first-order valence-electron chi connectivity index (χ1n) is 7.57. The summed E-state index contributed by atoms with van der Waals surface area (Å²) in [5, 5.41) is 3.09. The molecular formula is C16H25N3O2. The molecule has 0 saturated carbocycles. The monoisotopic (exact) mass is 291 g/mol. The number of likely N-dealkylation sites (tertiary alicyclic amines) is 1. The lowest BCUT2D eigenvalue weighted by Crippen LogP contribution is -2.54. The summed E-state index contributed by atoms with van der Waals surface area (Å²) in [7, 11) is 0. The van der Waals surface area contributed by atoms with E-state index >= 15 is 0 Å². The number of aromatic nitrogens is 1. The molecule has 0 atom stereocenters. The maximum atomic E-state index is 12.3. The molecule has 116 valence electrons. The average Bonchev–Trinajstić information content (AvgIpc) is 2.37. The summed E-state index contributed by atoms with van der Waals surface area (Å²) in [5.41, 5.74) is 0.694. The fourth-order valence-electron chi connectivity index (χ4n) is 2.80. The van der Waals surface area contributed by atoms with Gasteiger partial charge in [-0.1, -0.05) is 0 Å². The molecule has 1 aromatic rings. The van der Waals surface area contributed by atoms with Crippen LogP contribution < -0.4 is 10.7 Å². The number of rotatable bonds is 3. The number of carbonyl (C=O) groups is 1. The minimum atomic E-state index is -0.205. The van der Waals surface area contributed by atoms with Gasteiger partial charge in [-0.05, 0) is 40.5 Å². The van der Waals surface area contributed by atoms with Gasteiger partial charge in [-0.15, -0.1) is 0 Å². The highest BCUT2D eigenvalue weighted by molar-refractivity contribution is 5.92. The third-order valence-corrected chi connectivity index (χ3v) is 4.27. The first-order chi connectivity index (χ1) is 9.79. The molecule has 0 unspecified atom stereocenters. The smallest absolute Gasteiger partial charge is 0.268 e. The Morgan fingerprint density at radius 3 is 2.48 bits per heavy atom. The van der Waals surface area contributed by atoms with Crippen LogP contribution in [0.2, 0.25) is 0 Å². The summed E-state index contributed by atoms with van der Waals surface area (Å²) in [4.78, 5) is 29.2. The molecule has 1 fully saturated rings. The Kier molecular flexibility index (Phi) is 4.52. The van der Waals surface area contributed by atoms with Crippen molar-refractivity contribution >= 4 is 5.91 Å². The largest absolute Gasteiger partial charge is 0.354 e. The molecule has 1 amide bonds. The molecule has 0 radical (unpaired) electrons. The molecule has 5 heteroatoms. The molecule has 0 aliphatic carbocycles. The van der Waals surface area contributed by atoms with E-state index in [0.29, 0.717) is 17.4 Å². The van der Waals surface area contributed by atoms with Crippen LogP contribution >= 0.6 is 0 Å². The Bertz CT molecular complexity index is 569. The summed E-state index contributed by atoms with van der Waals surface area (Å²) in [5.74, 6) is -0.198. The van der Waals surface area contributed by atoms with Gasteiger partial charge in [0.1, 0.15) is 5.69 Å². The van der Waals surface area contributed by atoms with Gasteiger partial charge < -0.3 is 15.2 Å². The zero-order chi connectivity index (χ0) is 15.6. The molecule has 2 rings (SSSR count). The topological polar surface area (TPSA) is 65.2 Å². The molecular weight excluding hydrogens is 266 g/mol. The van der Waals surface area contributed by atoms with E-state index < -0.39 is 0 Å². The van der Waals surface area contributed by atoms with Gasteiger partial charge in [0.2, 0.25) is 0 Å². The highest BCUT2D eigenvalue weighted by Gasteiger charge is 2.32. The van der Waals surface area contributed by atoms with Gasteiger partial charge >= 0.3 is 0 Å². The van der Waals surface area contributed by atoms with Crippen molar-refractivity contribution in [2.45, 2.75) is 52.1 Å². The van der Waals surface area contributed by atoms with E-state index in [2.05, 4.69) is 36.0 Å². The summed E-state index contributed by atoms with van der Waals surface area (Å²) in [6.45, 7) is 10.2. The number of carbonyl (C=O) groups excluding carboxylic acids is 1. The van der Waals surface area contributed by atoms with Crippen LogP contribution in [0.1, 0.15) is 49.8 Å². The van der Waals surface area contributed by atoms with E-state index in [9.17, 15) is 9.59 Å². The number of aryl methyl sites for hydroxylation is 1. The van der Waals surface area contributed by atoms with Crippen LogP contribution in [0, 0.1) is 6.92 Å². The van der Waals surface area contributed by atoms with Crippen LogP contribution in [0.5, 0.6) is 0 Å². The van der Waals surface area contributed by atoms with Crippen molar-refractivity contribution < 1.29 is 4.79 Å². The van der Waals surface area contributed by atoms with Crippen LogP contribution in [0.25, 0.3) is 0 Å². The van der Waals surface area contributed by atoms with Gasteiger partial charge in [-0.3, -0.25) is 9.59 Å². The summed E-state index contributed by atoms with van der Waals surface area (Å²) in [6.07, 6.45) is 1.85. The van der Waals surface area contributed by atoms with Gasteiger partial charge in [0.15, 0.2) is 5.43 Å². The van der Waals surface area contributed by atoms with Crippen molar-refractivity contribution in [1.82, 2.24) is 15.2 Å². The van der Waals surface area contributed by atoms with Gasteiger partial charge in [-0.25, -0.2) is 0 Å². The molecule has 0 spiro atoms.